The van der Waals surface area contributed by atoms with Crippen LogP contribution < -0.4 is 10.5 Å². The number of benzene rings is 1. The number of nitrogen functional groups attached to an aromatic ring is 1. The van der Waals surface area contributed by atoms with E-state index in [9.17, 15) is 0 Å². The molecule has 1 aromatic carbocycles. The Labute approximate surface area is 123 Å². The summed E-state index contributed by atoms with van der Waals surface area (Å²) in [5.74, 6) is 2.53. The van der Waals surface area contributed by atoms with Crippen molar-refractivity contribution in [3.05, 3.63) is 24.3 Å². The number of hydrogen-bond acceptors (Lipinski definition) is 3. The Balaban J connectivity index is 1.71. The average molecular weight is 276 g/mol. The first kappa shape index (κ1) is 15.2. The highest BCUT2D eigenvalue weighted by molar-refractivity contribution is 5.41. The Morgan fingerprint density at radius 2 is 1.90 bits per heavy atom. The van der Waals surface area contributed by atoms with Crippen LogP contribution in [-0.2, 0) is 0 Å². The molecule has 0 aromatic heterocycles. The molecule has 1 heterocycles. The van der Waals surface area contributed by atoms with E-state index in [0.717, 1.165) is 42.8 Å². The highest BCUT2D eigenvalue weighted by atomic mass is 16.5. The molecule has 112 valence electrons. The van der Waals surface area contributed by atoms with Gasteiger partial charge in [-0.3, -0.25) is 0 Å². The van der Waals surface area contributed by atoms with Gasteiger partial charge in [-0.25, -0.2) is 0 Å². The quantitative estimate of drug-likeness (QED) is 0.661. The van der Waals surface area contributed by atoms with Crippen molar-refractivity contribution in [2.45, 2.75) is 39.7 Å². The number of ether oxygens (including phenoxy) is 1. The summed E-state index contributed by atoms with van der Waals surface area (Å²) in [7, 11) is 0. The molecule has 1 saturated heterocycles. The van der Waals surface area contributed by atoms with Crippen molar-refractivity contribution in [3.8, 4) is 5.75 Å². The van der Waals surface area contributed by atoms with Gasteiger partial charge in [0.1, 0.15) is 5.75 Å². The minimum absolute atomic E-state index is 0.697. The highest BCUT2D eigenvalue weighted by Gasteiger charge is 2.27. The molecule has 0 spiro atoms. The molecule has 0 radical (unpaired) electrons. The molecular formula is C17H28N2O. The van der Waals surface area contributed by atoms with Crippen molar-refractivity contribution >= 4 is 5.69 Å². The highest BCUT2D eigenvalue weighted by Crippen LogP contribution is 2.26. The smallest absolute Gasteiger partial charge is 0.119 e. The molecule has 0 aliphatic carbocycles. The van der Waals surface area contributed by atoms with Crippen LogP contribution in [0, 0.1) is 11.8 Å². The Kier molecular flexibility index (Phi) is 5.30. The molecule has 3 heteroatoms. The molecule has 3 unspecified atom stereocenters. The van der Waals surface area contributed by atoms with E-state index in [-0.39, 0.29) is 0 Å². The maximum Gasteiger partial charge on any atom is 0.119 e. The third kappa shape index (κ3) is 4.14. The molecule has 3 atom stereocenters. The molecule has 0 saturated carbocycles. The Hall–Kier alpha value is -1.22. The minimum Gasteiger partial charge on any atom is -0.494 e. The second kappa shape index (κ2) is 6.98. The molecule has 0 bridgehead atoms. The number of nitrogens with two attached hydrogens (primary N) is 1. The summed E-state index contributed by atoms with van der Waals surface area (Å²) in [6, 6.07) is 8.32. The van der Waals surface area contributed by atoms with Gasteiger partial charge in [0.2, 0.25) is 0 Å². The van der Waals surface area contributed by atoms with Gasteiger partial charge in [-0.1, -0.05) is 13.8 Å². The molecule has 3 nitrogen and oxygen atoms in total. The summed E-state index contributed by atoms with van der Waals surface area (Å²) < 4.78 is 5.76. The first-order valence-corrected chi connectivity index (χ1v) is 7.78. The molecule has 1 fully saturated rings. The van der Waals surface area contributed by atoms with Crippen molar-refractivity contribution in [1.82, 2.24) is 4.90 Å². The lowest BCUT2D eigenvalue weighted by Gasteiger charge is -2.41. The van der Waals surface area contributed by atoms with Crippen molar-refractivity contribution in [2.24, 2.45) is 11.8 Å². The van der Waals surface area contributed by atoms with Gasteiger partial charge in [-0.2, -0.15) is 0 Å². The van der Waals surface area contributed by atoms with Crippen LogP contribution in [0.4, 0.5) is 5.69 Å². The molecule has 1 aliphatic rings. The molecule has 1 aromatic rings. The van der Waals surface area contributed by atoms with E-state index in [1.54, 1.807) is 0 Å². The number of nitrogens with zero attached hydrogens (tertiary/aromatic N) is 1. The van der Waals surface area contributed by atoms with Crippen molar-refractivity contribution in [3.63, 3.8) is 0 Å². The lowest BCUT2D eigenvalue weighted by Crippen LogP contribution is -2.46. The molecule has 2 N–H and O–H groups in total. The van der Waals surface area contributed by atoms with Gasteiger partial charge in [0, 0.05) is 24.8 Å². The first-order chi connectivity index (χ1) is 9.56. The zero-order chi connectivity index (χ0) is 14.5. The maximum atomic E-state index is 5.76. The summed E-state index contributed by atoms with van der Waals surface area (Å²) >= 11 is 0. The van der Waals surface area contributed by atoms with Crippen LogP contribution in [0.3, 0.4) is 0 Å². The molecule has 0 amide bonds. The van der Waals surface area contributed by atoms with Gasteiger partial charge in [0.25, 0.3) is 0 Å². The zero-order valence-corrected chi connectivity index (χ0v) is 13.0. The zero-order valence-electron chi connectivity index (χ0n) is 13.0. The number of likely N-dealkylation sites (tertiary alicyclic amines) is 1. The van der Waals surface area contributed by atoms with Crippen molar-refractivity contribution < 1.29 is 4.74 Å². The van der Waals surface area contributed by atoms with Crippen LogP contribution in [0.1, 0.15) is 33.6 Å². The van der Waals surface area contributed by atoms with E-state index in [1.165, 1.54) is 13.0 Å². The minimum atomic E-state index is 0.697. The SMILES string of the molecule is CC1CC(C)C(C)N(CCCOc2ccc(N)cc2)C1. The van der Waals surface area contributed by atoms with Crippen LogP contribution in [0.15, 0.2) is 24.3 Å². The van der Waals surface area contributed by atoms with Gasteiger partial charge < -0.3 is 15.4 Å². The monoisotopic (exact) mass is 276 g/mol. The lowest BCUT2D eigenvalue weighted by atomic mass is 9.86. The standard InChI is InChI=1S/C17H28N2O/c1-13-11-14(2)15(3)19(12-13)9-4-10-20-17-7-5-16(18)6-8-17/h5-8,13-15H,4,9-12,18H2,1-3H3. The normalized spacial score (nSPS) is 27.4. The van der Waals surface area contributed by atoms with Crippen LogP contribution in [0.2, 0.25) is 0 Å². The van der Waals surface area contributed by atoms with E-state index in [1.807, 2.05) is 24.3 Å². The van der Waals surface area contributed by atoms with Gasteiger partial charge >= 0.3 is 0 Å². The summed E-state index contributed by atoms with van der Waals surface area (Å²) in [4.78, 5) is 2.62. The second-order valence-electron chi connectivity index (χ2n) is 6.32. The first-order valence-electron chi connectivity index (χ1n) is 7.78. The third-order valence-corrected chi connectivity index (χ3v) is 4.46. The lowest BCUT2D eigenvalue weighted by molar-refractivity contribution is 0.0746. The number of piperidine rings is 1. The predicted molar refractivity (Wildman–Crippen MR) is 84.9 cm³/mol. The maximum absolute atomic E-state index is 5.76. The molecule has 2 rings (SSSR count). The van der Waals surface area contributed by atoms with Crippen LogP contribution in [0.25, 0.3) is 0 Å². The Morgan fingerprint density at radius 1 is 1.20 bits per heavy atom. The van der Waals surface area contributed by atoms with E-state index in [0.29, 0.717) is 6.04 Å². The van der Waals surface area contributed by atoms with E-state index in [2.05, 4.69) is 25.7 Å². The molecule has 20 heavy (non-hydrogen) atoms. The number of anilines is 1. The van der Waals surface area contributed by atoms with E-state index < -0.39 is 0 Å². The summed E-state index contributed by atoms with van der Waals surface area (Å²) in [5.41, 5.74) is 6.44. The predicted octanol–water partition coefficient (Wildman–Crippen LogP) is 3.40. The van der Waals surface area contributed by atoms with Crippen LogP contribution in [0.5, 0.6) is 5.75 Å². The Bertz CT molecular complexity index is 404. The fraction of sp³-hybridized carbons (Fsp3) is 0.647. The van der Waals surface area contributed by atoms with Crippen LogP contribution >= 0.6 is 0 Å². The summed E-state index contributed by atoms with van der Waals surface area (Å²) in [6.07, 6.45) is 2.44. The van der Waals surface area contributed by atoms with Crippen molar-refractivity contribution in [1.29, 1.82) is 0 Å². The van der Waals surface area contributed by atoms with Gasteiger partial charge in [0.05, 0.1) is 6.61 Å². The number of rotatable bonds is 5. The summed E-state index contributed by atoms with van der Waals surface area (Å²) in [5, 5.41) is 0. The fourth-order valence-electron chi connectivity index (χ4n) is 3.15. The Morgan fingerprint density at radius 3 is 2.60 bits per heavy atom. The summed E-state index contributed by atoms with van der Waals surface area (Å²) in [6.45, 7) is 10.2. The third-order valence-electron chi connectivity index (χ3n) is 4.46. The topological polar surface area (TPSA) is 38.5 Å². The van der Waals surface area contributed by atoms with Gasteiger partial charge in [-0.05, 0) is 55.9 Å². The molecular weight excluding hydrogens is 248 g/mol. The largest absolute Gasteiger partial charge is 0.494 e. The molecule has 1 aliphatic heterocycles. The van der Waals surface area contributed by atoms with Crippen LogP contribution in [-0.4, -0.2) is 30.6 Å². The number of hydrogen-bond donors (Lipinski definition) is 1. The van der Waals surface area contributed by atoms with Crippen molar-refractivity contribution in [2.75, 3.05) is 25.4 Å². The fourth-order valence-corrected chi connectivity index (χ4v) is 3.15. The van der Waals surface area contributed by atoms with Gasteiger partial charge in [-0.15, -0.1) is 0 Å². The van der Waals surface area contributed by atoms with E-state index in [4.69, 9.17) is 10.5 Å². The second-order valence-corrected chi connectivity index (χ2v) is 6.32. The average Bonchev–Trinajstić information content (AvgIpc) is 2.42. The van der Waals surface area contributed by atoms with E-state index >= 15 is 0 Å². The van der Waals surface area contributed by atoms with Gasteiger partial charge in [0.15, 0.2) is 0 Å².